The number of hydrogen-bond acceptors (Lipinski definition) is 5. The fraction of sp³-hybridized carbons (Fsp3) is 0.143. The summed E-state index contributed by atoms with van der Waals surface area (Å²) in [4.78, 5) is 27.1. The second-order valence-corrected chi connectivity index (χ2v) is 5.75. The number of amides is 1. The highest BCUT2D eigenvalue weighted by atomic mass is 32.1. The van der Waals surface area contributed by atoms with Gasteiger partial charge in [0, 0.05) is 29.0 Å². The van der Waals surface area contributed by atoms with Crippen molar-refractivity contribution < 1.29 is 14.1 Å². The third kappa shape index (κ3) is 3.04. The molecule has 0 spiro atoms. The molecule has 9 heteroatoms. The van der Waals surface area contributed by atoms with E-state index in [9.17, 15) is 19.3 Å². The van der Waals surface area contributed by atoms with Gasteiger partial charge in [-0.05, 0) is 19.1 Å². The van der Waals surface area contributed by atoms with E-state index in [1.165, 1.54) is 17.4 Å². The quantitative estimate of drug-likeness (QED) is 0.587. The number of hydrogen-bond donors (Lipinski definition) is 1. The Hall–Kier alpha value is -2.81. The molecule has 1 amide bonds. The molecule has 0 saturated heterocycles. The second-order valence-electron chi connectivity index (χ2n) is 4.91. The maximum Gasteiger partial charge on any atom is 0.306 e. The van der Waals surface area contributed by atoms with Gasteiger partial charge in [-0.25, -0.2) is 4.98 Å². The van der Waals surface area contributed by atoms with Crippen LogP contribution < -0.4 is 5.32 Å². The van der Waals surface area contributed by atoms with E-state index < -0.39 is 16.4 Å². The van der Waals surface area contributed by atoms with Crippen molar-refractivity contribution in [2.45, 2.75) is 13.3 Å². The van der Waals surface area contributed by atoms with Crippen molar-refractivity contribution in [2.75, 3.05) is 5.32 Å². The minimum Gasteiger partial charge on any atom is -0.325 e. The minimum atomic E-state index is -0.943. The molecule has 3 rings (SSSR count). The monoisotopic (exact) mass is 334 g/mol. The summed E-state index contributed by atoms with van der Waals surface area (Å²) in [5.41, 5.74) is 1.12. The number of nitrogens with one attached hydrogen (secondary N) is 1. The van der Waals surface area contributed by atoms with Crippen LogP contribution in [0.15, 0.2) is 29.8 Å². The molecule has 0 aliphatic carbocycles. The van der Waals surface area contributed by atoms with Crippen LogP contribution >= 0.6 is 11.3 Å². The van der Waals surface area contributed by atoms with E-state index in [1.54, 1.807) is 0 Å². The van der Waals surface area contributed by atoms with Crippen LogP contribution in [0.4, 0.5) is 15.8 Å². The number of aryl methyl sites for hydroxylation is 1. The lowest BCUT2D eigenvalue weighted by Gasteiger charge is -2.05. The van der Waals surface area contributed by atoms with Crippen LogP contribution in [-0.2, 0) is 11.2 Å². The van der Waals surface area contributed by atoms with Crippen molar-refractivity contribution in [3.05, 3.63) is 57.1 Å². The van der Waals surface area contributed by atoms with Gasteiger partial charge in [-0.15, -0.1) is 11.3 Å². The molecule has 23 heavy (non-hydrogen) atoms. The van der Waals surface area contributed by atoms with Gasteiger partial charge in [0.05, 0.1) is 17.0 Å². The molecule has 0 aliphatic heterocycles. The summed E-state index contributed by atoms with van der Waals surface area (Å²) >= 11 is 1.42. The zero-order valence-electron chi connectivity index (χ0n) is 11.9. The Labute approximate surface area is 133 Å². The minimum absolute atomic E-state index is 0.0843. The summed E-state index contributed by atoms with van der Waals surface area (Å²) in [6.07, 6.45) is 1.91. The average molecular weight is 334 g/mol. The molecule has 0 unspecified atom stereocenters. The maximum absolute atomic E-state index is 13.3. The Morgan fingerprint density at radius 3 is 3.04 bits per heavy atom. The molecule has 0 atom stereocenters. The van der Waals surface area contributed by atoms with Gasteiger partial charge in [-0.3, -0.25) is 19.3 Å². The third-order valence-electron chi connectivity index (χ3n) is 3.17. The Morgan fingerprint density at radius 2 is 2.30 bits per heavy atom. The van der Waals surface area contributed by atoms with Crippen LogP contribution in [0.25, 0.3) is 4.96 Å². The van der Waals surface area contributed by atoms with E-state index >= 15 is 0 Å². The normalized spacial score (nSPS) is 10.9. The average Bonchev–Trinajstić information content (AvgIpc) is 3.01. The molecule has 1 N–H and O–H groups in total. The standard InChI is InChI=1S/C14H11FN4O3S/c1-8-6-18-10(7-23-14(18)16-8)5-13(20)17-9-2-3-11(15)12(4-9)19(21)22/h2-4,6-7H,5H2,1H3,(H,17,20). The number of nitro groups is 1. The molecule has 118 valence electrons. The maximum atomic E-state index is 13.3. The molecule has 2 heterocycles. The zero-order chi connectivity index (χ0) is 16.6. The van der Waals surface area contributed by atoms with Crippen molar-refractivity contribution in [3.63, 3.8) is 0 Å². The van der Waals surface area contributed by atoms with Crippen LogP contribution in [0.5, 0.6) is 0 Å². The summed E-state index contributed by atoms with van der Waals surface area (Å²) in [5.74, 6) is -1.29. The second kappa shape index (κ2) is 5.76. The molecule has 7 nitrogen and oxygen atoms in total. The van der Waals surface area contributed by atoms with Crippen LogP contribution in [-0.4, -0.2) is 20.2 Å². The van der Waals surface area contributed by atoms with E-state index in [4.69, 9.17) is 0 Å². The van der Waals surface area contributed by atoms with Gasteiger partial charge < -0.3 is 5.32 Å². The number of anilines is 1. The fourth-order valence-corrected chi connectivity index (χ4v) is 3.09. The van der Waals surface area contributed by atoms with E-state index in [1.807, 2.05) is 22.9 Å². The number of nitrogens with zero attached hydrogens (tertiary/aromatic N) is 3. The third-order valence-corrected chi connectivity index (χ3v) is 4.06. The lowest BCUT2D eigenvalue weighted by Crippen LogP contribution is -2.15. The molecule has 0 fully saturated rings. The van der Waals surface area contributed by atoms with Gasteiger partial charge in [0.25, 0.3) is 0 Å². The van der Waals surface area contributed by atoms with Gasteiger partial charge in [-0.2, -0.15) is 4.39 Å². The highest BCUT2D eigenvalue weighted by Gasteiger charge is 2.16. The van der Waals surface area contributed by atoms with E-state index in [-0.39, 0.29) is 18.0 Å². The fourth-order valence-electron chi connectivity index (χ4n) is 2.17. The molecular weight excluding hydrogens is 323 g/mol. The Kier molecular flexibility index (Phi) is 3.78. The number of halogens is 1. The van der Waals surface area contributed by atoms with Crippen molar-refractivity contribution in [1.29, 1.82) is 0 Å². The van der Waals surface area contributed by atoms with E-state index in [0.29, 0.717) is 0 Å². The summed E-state index contributed by atoms with van der Waals surface area (Å²) in [6.45, 7) is 1.86. The van der Waals surface area contributed by atoms with Crippen molar-refractivity contribution >= 4 is 33.6 Å². The summed E-state index contributed by atoms with van der Waals surface area (Å²) < 4.78 is 15.1. The molecule has 3 aromatic rings. The molecule has 2 aromatic heterocycles. The highest BCUT2D eigenvalue weighted by Crippen LogP contribution is 2.22. The van der Waals surface area contributed by atoms with Crippen molar-refractivity contribution in [1.82, 2.24) is 9.38 Å². The smallest absolute Gasteiger partial charge is 0.306 e. The van der Waals surface area contributed by atoms with Gasteiger partial charge in [-0.1, -0.05) is 0 Å². The predicted molar refractivity (Wildman–Crippen MR) is 83.2 cm³/mol. The first-order valence-corrected chi connectivity index (χ1v) is 7.48. The zero-order valence-corrected chi connectivity index (χ0v) is 12.8. The Morgan fingerprint density at radius 1 is 1.52 bits per heavy atom. The summed E-state index contributed by atoms with van der Waals surface area (Å²) in [7, 11) is 0. The van der Waals surface area contributed by atoms with Crippen LogP contribution in [0.3, 0.4) is 0 Å². The number of imidazole rings is 1. The Balaban J connectivity index is 1.77. The van der Waals surface area contributed by atoms with Gasteiger partial charge in [0.15, 0.2) is 4.96 Å². The first-order chi connectivity index (χ1) is 10.9. The molecular formula is C14H11FN4O3S. The largest absolute Gasteiger partial charge is 0.325 e. The summed E-state index contributed by atoms with van der Waals surface area (Å²) in [6, 6.07) is 3.23. The SMILES string of the molecule is Cc1cn2c(CC(=O)Nc3ccc(F)c([N+](=O)[O-])c3)csc2n1. The Bertz CT molecular complexity index is 918. The number of thiazole rings is 1. The number of carbonyl (C=O) groups excluding carboxylic acids is 1. The van der Waals surface area contributed by atoms with Gasteiger partial charge in [0.1, 0.15) is 0 Å². The van der Waals surface area contributed by atoms with E-state index in [2.05, 4.69) is 10.3 Å². The summed E-state index contributed by atoms with van der Waals surface area (Å²) in [5, 5.41) is 15.1. The number of aromatic nitrogens is 2. The molecule has 0 aliphatic rings. The first kappa shape index (κ1) is 15.1. The topological polar surface area (TPSA) is 89.5 Å². The first-order valence-electron chi connectivity index (χ1n) is 6.60. The van der Waals surface area contributed by atoms with Crippen LogP contribution in [0, 0.1) is 22.9 Å². The molecule has 1 aromatic carbocycles. The van der Waals surface area contributed by atoms with Gasteiger partial charge >= 0.3 is 5.69 Å². The van der Waals surface area contributed by atoms with Crippen molar-refractivity contribution in [3.8, 4) is 0 Å². The molecule has 0 bridgehead atoms. The predicted octanol–water partition coefficient (Wildman–Crippen LogP) is 2.93. The van der Waals surface area contributed by atoms with Gasteiger partial charge in [0.2, 0.25) is 11.7 Å². The van der Waals surface area contributed by atoms with E-state index in [0.717, 1.165) is 28.5 Å². The molecule has 0 radical (unpaired) electrons. The van der Waals surface area contributed by atoms with Crippen molar-refractivity contribution in [2.24, 2.45) is 0 Å². The van der Waals surface area contributed by atoms with Crippen LogP contribution in [0.1, 0.15) is 11.4 Å². The van der Waals surface area contributed by atoms with Crippen LogP contribution in [0.2, 0.25) is 0 Å². The number of benzene rings is 1. The number of rotatable bonds is 4. The lowest BCUT2D eigenvalue weighted by atomic mass is 10.2. The highest BCUT2D eigenvalue weighted by molar-refractivity contribution is 7.15. The number of nitro benzene ring substituents is 1. The lowest BCUT2D eigenvalue weighted by molar-refractivity contribution is -0.387. The number of carbonyl (C=O) groups is 1. The molecule has 0 saturated carbocycles. The number of fused-ring (bicyclic) bond motifs is 1.